The van der Waals surface area contributed by atoms with Crippen LogP contribution in [0, 0.1) is 0 Å². The number of hydrogen-bond acceptors (Lipinski definition) is 5. The summed E-state index contributed by atoms with van der Waals surface area (Å²) >= 11 is 1.36. The average molecular weight is 256 g/mol. The average Bonchev–Trinajstić information content (AvgIpc) is 2.69. The minimum atomic E-state index is -0.172. The highest BCUT2D eigenvalue weighted by Crippen LogP contribution is 2.09. The van der Waals surface area contributed by atoms with Crippen LogP contribution in [0.2, 0.25) is 0 Å². The van der Waals surface area contributed by atoms with Crippen LogP contribution in [0.5, 0.6) is 0 Å². The van der Waals surface area contributed by atoms with Gasteiger partial charge in [0.15, 0.2) is 5.13 Å². The van der Waals surface area contributed by atoms with Crippen molar-refractivity contribution in [3.05, 3.63) is 11.6 Å². The molecule has 0 aliphatic carbocycles. The van der Waals surface area contributed by atoms with E-state index in [2.05, 4.69) is 10.3 Å². The first kappa shape index (κ1) is 13.6. The molecule has 6 nitrogen and oxygen atoms in total. The normalized spacial score (nSPS) is 10.4. The van der Waals surface area contributed by atoms with Gasteiger partial charge in [0.05, 0.1) is 13.1 Å². The van der Waals surface area contributed by atoms with E-state index in [-0.39, 0.29) is 24.9 Å². The quantitative estimate of drug-likeness (QED) is 0.811. The molecule has 1 rings (SSSR count). The highest BCUT2D eigenvalue weighted by atomic mass is 32.1. The van der Waals surface area contributed by atoms with E-state index >= 15 is 0 Å². The molecule has 17 heavy (non-hydrogen) atoms. The Hall–Kier alpha value is -1.47. The largest absolute Gasteiger partial charge is 0.348 e. The van der Waals surface area contributed by atoms with Crippen LogP contribution in [-0.2, 0) is 9.59 Å². The molecule has 0 bridgehead atoms. The van der Waals surface area contributed by atoms with Gasteiger partial charge in [0.25, 0.3) is 0 Å². The Balaban J connectivity index is 2.33. The lowest BCUT2D eigenvalue weighted by Gasteiger charge is -2.17. The van der Waals surface area contributed by atoms with Gasteiger partial charge in [0, 0.05) is 25.7 Å². The predicted octanol–water partition coefficient (Wildman–Crippen LogP) is 0.102. The number of thiazole rings is 1. The highest BCUT2D eigenvalue weighted by Gasteiger charge is 2.12. The van der Waals surface area contributed by atoms with Gasteiger partial charge in [-0.15, -0.1) is 11.3 Å². The molecular formula is C10H16N4O2S. The molecule has 1 aromatic heterocycles. The molecule has 0 fully saturated rings. The Morgan fingerprint density at radius 3 is 2.59 bits per heavy atom. The fraction of sp³-hybridized carbons (Fsp3) is 0.500. The molecule has 0 saturated heterocycles. The van der Waals surface area contributed by atoms with Crippen LogP contribution in [0.25, 0.3) is 0 Å². The molecule has 1 aromatic rings. The van der Waals surface area contributed by atoms with Gasteiger partial charge in [0.2, 0.25) is 11.8 Å². The number of nitrogens with one attached hydrogen (secondary N) is 1. The highest BCUT2D eigenvalue weighted by molar-refractivity contribution is 7.13. The smallest absolute Gasteiger partial charge is 0.240 e. The third-order valence-electron chi connectivity index (χ3n) is 2.00. The van der Waals surface area contributed by atoms with E-state index in [4.69, 9.17) is 0 Å². The third-order valence-corrected chi connectivity index (χ3v) is 2.68. The first-order valence-electron chi connectivity index (χ1n) is 5.07. The maximum atomic E-state index is 11.6. The summed E-state index contributed by atoms with van der Waals surface area (Å²) in [7, 11) is 5.10. The number of likely N-dealkylation sites (N-methyl/N-ethyl adjacent to an activating group) is 2. The zero-order valence-corrected chi connectivity index (χ0v) is 11.0. The maximum Gasteiger partial charge on any atom is 0.240 e. The lowest BCUT2D eigenvalue weighted by Crippen LogP contribution is -2.38. The van der Waals surface area contributed by atoms with Crippen molar-refractivity contribution in [3.63, 3.8) is 0 Å². The summed E-state index contributed by atoms with van der Waals surface area (Å²) in [5.74, 6) is -0.205. The van der Waals surface area contributed by atoms with Crippen molar-refractivity contribution in [1.29, 1.82) is 0 Å². The summed E-state index contributed by atoms with van der Waals surface area (Å²) in [4.78, 5) is 30.1. The van der Waals surface area contributed by atoms with E-state index in [1.807, 2.05) is 0 Å². The first-order chi connectivity index (χ1) is 7.99. The van der Waals surface area contributed by atoms with Crippen molar-refractivity contribution in [2.24, 2.45) is 0 Å². The predicted molar refractivity (Wildman–Crippen MR) is 66.9 cm³/mol. The molecule has 0 saturated carbocycles. The number of carbonyl (C=O) groups is 2. The molecule has 0 radical (unpaired) electrons. The Kier molecular flexibility index (Phi) is 5.05. The fourth-order valence-electron chi connectivity index (χ4n) is 1.12. The van der Waals surface area contributed by atoms with E-state index in [0.29, 0.717) is 5.13 Å². The molecule has 1 heterocycles. The van der Waals surface area contributed by atoms with Crippen LogP contribution >= 0.6 is 11.3 Å². The Labute approximate surface area is 104 Å². The molecule has 2 amide bonds. The van der Waals surface area contributed by atoms with E-state index < -0.39 is 0 Å². The summed E-state index contributed by atoms with van der Waals surface area (Å²) in [5, 5.41) is 5.02. The summed E-state index contributed by atoms with van der Waals surface area (Å²) in [6.45, 7) is 0.386. The number of aromatic nitrogens is 1. The molecule has 0 aliphatic rings. The number of carbonyl (C=O) groups excluding carboxylic acids is 2. The molecule has 0 aromatic carbocycles. The van der Waals surface area contributed by atoms with Gasteiger partial charge in [-0.1, -0.05) is 0 Å². The van der Waals surface area contributed by atoms with Gasteiger partial charge in [-0.3, -0.25) is 14.5 Å². The summed E-state index contributed by atoms with van der Waals surface area (Å²) in [6.07, 6.45) is 1.62. The second kappa shape index (κ2) is 6.31. The van der Waals surface area contributed by atoms with Crippen LogP contribution in [0.4, 0.5) is 5.13 Å². The van der Waals surface area contributed by atoms with Gasteiger partial charge in [0.1, 0.15) is 0 Å². The van der Waals surface area contributed by atoms with E-state index in [1.165, 1.54) is 16.2 Å². The SMILES string of the molecule is CN(CC(=O)Nc1nccs1)CC(=O)N(C)C. The number of rotatable bonds is 5. The van der Waals surface area contributed by atoms with E-state index in [0.717, 1.165) is 0 Å². The maximum absolute atomic E-state index is 11.6. The van der Waals surface area contributed by atoms with Gasteiger partial charge in [-0.05, 0) is 7.05 Å². The standard InChI is InChI=1S/C10H16N4O2S/c1-13(2)9(16)7-14(3)6-8(15)12-10-11-4-5-17-10/h4-5H,6-7H2,1-3H3,(H,11,12,15). The van der Waals surface area contributed by atoms with Crippen LogP contribution in [0.15, 0.2) is 11.6 Å². The van der Waals surface area contributed by atoms with Gasteiger partial charge in [-0.2, -0.15) is 0 Å². The second-order valence-corrected chi connectivity index (χ2v) is 4.74. The topological polar surface area (TPSA) is 65.5 Å². The minimum Gasteiger partial charge on any atom is -0.348 e. The van der Waals surface area contributed by atoms with Crippen molar-refractivity contribution in [2.45, 2.75) is 0 Å². The van der Waals surface area contributed by atoms with Gasteiger partial charge >= 0.3 is 0 Å². The minimum absolute atomic E-state index is 0.0328. The monoisotopic (exact) mass is 256 g/mol. The molecule has 0 unspecified atom stereocenters. The summed E-state index contributed by atoms with van der Waals surface area (Å²) < 4.78 is 0. The number of amides is 2. The van der Waals surface area contributed by atoms with E-state index in [9.17, 15) is 9.59 Å². The molecule has 1 N–H and O–H groups in total. The molecular weight excluding hydrogens is 240 g/mol. The third kappa shape index (κ3) is 4.92. The number of anilines is 1. The lowest BCUT2D eigenvalue weighted by molar-refractivity contribution is -0.130. The Bertz CT molecular complexity index is 378. The summed E-state index contributed by atoms with van der Waals surface area (Å²) in [6, 6.07) is 0. The number of hydrogen-bond donors (Lipinski definition) is 1. The van der Waals surface area contributed by atoms with Crippen LogP contribution < -0.4 is 5.32 Å². The van der Waals surface area contributed by atoms with Crippen LogP contribution in [0.3, 0.4) is 0 Å². The molecule has 94 valence electrons. The zero-order valence-electron chi connectivity index (χ0n) is 10.1. The molecule has 0 spiro atoms. The molecule has 0 atom stereocenters. The summed E-state index contributed by atoms with van der Waals surface area (Å²) in [5.41, 5.74) is 0. The van der Waals surface area contributed by atoms with E-state index in [1.54, 1.807) is 37.6 Å². The van der Waals surface area contributed by atoms with Gasteiger partial charge < -0.3 is 10.2 Å². The second-order valence-electron chi connectivity index (χ2n) is 3.85. The van der Waals surface area contributed by atoms with Crippen LogP contribution in [-0.4, -0.2) is 60.8 Å². The van der Waals surface area contributed by atoms with Crippen molar-refractivity contribution in [2.75, 3.05) is 39.5 Å². The van der Waals surface area contributed by atoms with Crippen LogP contribution in [0.1, 0.15) is 0 Å². The van der Waals surface area contributed by atoms with Crippen molar-refractivity contribution < 1.29 is 9.59 Å². The lowest BCUT2D eigenvalue weighted by atomic mass is 10.4. The van der Waals surface area contributed by atoms with Crippen molar-refractivity contribution >= 4 is 28.3 Å². The Morgan fingerprint density at radius 1 is 1.35 bits per heavy atom. The molecule has 0 aliphatic heterocycles. The van der Waals surface area contributed by atoms with Crippen molar-refractivity contribution in [3.8, 4) is 0 Å². The molecule has 7 heteroatoms. The van der Waals surface area contributed by atoms with Gasteiger partial charge in [-0.25, -0.2) is 4.98 Å². The fourth-order valence-corrected chi connectivity index (χ4v) is 1.66. The first-order valence-corrected chi connectivity index (χ1v) is 5.95. The zero-order chi connectivity index (χ0) is 12.8. The Morgan fingerprint density at radius 2 is 2.06 bits per heavy atom. The van der Waals surface area contributed by atoms with Crippen molar-refractivity contribution in [1.82, 2.24) is 14.8 Å². The number of nitrogens with zero attached hydrogens (tertiary/aromatic N) is 3.